The van der Waals surface area contributed by atoms with Gasteiger partial charge >= 0.3 is 6.18 Å². The average molecular weight is 480 g/mol. The van der Waals surface area contributed by atoms with Gasteiger partial charge in [0.15, 0.2) is 0 Å². The fourth-order valence-electron chi connectivity index (χ4n) is 3.64. The highest BCUT2D eigenvalue weighted by Crippen LogP contribution is 2.27. The van der Waals surface area contributed by atoms with Gasteiger partial charge < -0.3 is 0 Å². The molecule has 0 atom stereocenters. The smallest absolute Gasteiger partial charge is 0.207 e. The fourth-order valence-corrected chi connectivity index (χ4v) is 3.64. The van der Waals surface area contributed by atoms with E-state index in [2.05, 4.69) is 0 Å². The lowest BCUT2D eigenvalue weighted by Crippen LogP contribution is -2.02. The molecule has 0 aliphatic heterocycles. The second-order valence-corrected chi connectivity index (χ2v) is 8.07. The number of aryl methyl sites for hydroxylation is 3. The molecule has 0 fully saturated rings. The third kappa shape index (κ3) is 6.72. The molecule has 3 rings (SSSR count). The number of hydrogen-bond acceptors (Lipinski definition) is 0. The first-order chi connectivity index (χ1) is 16.1. The number of rotatable bonds is 8. The van der Waals surface area contributed by atoms with Crippen LogP contribution in [0.15, 0.2) is 54.6 Å². The molecule has 0 bridgehead atoms. The van der Waals surface area contributed by atoms with Crippen LogP contribution < -0.4 is 0 Å². The first kappa shape index (κ1) is 25.5. The Labute approximate surface area is 193 Å². The van der Waals surface area contributed by atoms with Gasteiger partial charge in [-0.05, 0) is 78.3 Å². The quantitative estimate of drug-likeness (QED) is 0.283. The molecule has 0 amide bonds. The van der Waals surface area contributed by atoms with Crippen LogP contribution in [-0.2, 0) is 19.3 Å². The van der Waals surface area contributed by atoms with Crippen LogP contribution in [0.2, 0.25) is 0 Å². The molecule has 0 spiro atoms. The highest BCUT2D eigenvalue weighted by atomic mass is 19.4. The number of benzene rings is 3. The second-order valence-electron chi connectivity index (χ2n) is 8.07. The minimum absolute atomic E-state index is 0.0634. The van der Waals surface area contributed by atoms with Gasteiger partial charge in [-0.2, -0.15) is 13.2 Å². The van der Waals surface area contributed by atoms with Crippen molar-refractivity contribution in [3.05, 3.63) is 100 Å². The summed E-state index contributed by atoms with van der Waals surface area (Å²) in [5.41, 5.74) is 1.18. The fraction of sp³-hybridized carbons (Fsp3) is 0.259. The van der Waals surface area contributed by atoms with Gasteiger partial charge in [0.05, 0.1) is 0 Å². The van der Waals surface area contributed by atoms with E-state index in [1.165, 1.54) is 18.2 Å². The van der Waals surface area contributed by atoms with Gasteiger partial charge in [0.25, 0.3) is 0 Å². The van der Waals surface area contributed by atoms with Crippen LogP contribution in [0.5, 0.6) is 0 Å². The first-order valence-electron chi connectivity index (χ1n) is 10.9. The van der Waals surface area contributed by atoms with Gasteiger partial charge in [0.1, 0.15) is 23.3 Å². The van der Waals surface area contributed by atoms with Crippen LogP contribution in [-0.4, -0.2) is 6.18 Å². The van der Waals surface area contributed by atoms with Crippen LogP contribution in [0.1, 0.15) is 42.0 Å². The van der Waals surface area contributed by atoms with Gasteiger partial charge in [0, 0.05) is 17.2 Å². The monoisotopic (exact) mass is 480 g/mol. The molecule has 3 aromatic carbocycles. The number of hydrogen-bond donors (Lipinski definition) is 0. The Bertz CT molecular complexity index is 1150. The van der Waals surface area contributed by atoms with Crippen LogP contribution in [0.25, 0.3) is 17.2 Å². The largest absolute Gasteiger partial charge is 0.409 e. The average Bonchev–Trinajstić information content (AvgIpc) is 2.75. The number of unbranched alkanes of at least 4 members (excludes halogenated alkanes) is 1. The van der Waals surface area contributed by atoms with Crippen molar-refractivity contribution in [1.29, 1.82) is 0 Å². The van der Waals surface area contributed by atoms with E-state index in [9.17, 15) is 30.7 Å². The molecule has 0 radical (unpaired) electrons. The van der Waals surface area contributed by atoms with Crippen molar-refractivity contribution in [3.8, 4) is 11.1 Å². The summed E-state index contributed by atoms with van der Waals surface area (Å²) < 4.78 is 94.2. The molecule has 0 saturated heterocycles. The number of halogens is 7. The van der Waals surface area contributed by atoms with Crippen LogP contribution in [0, 0.1) is 23.3 Å². The third-order valence-corrected chi connectivity index (χ3v) is 5.48. The first-order valence-corrected chi connectivity index (χ1v) is 10.9. The van der Waals surface area contributed by atoms with Gasteiger partial charge in [-0.25, -0.2) is 17.6 Å². The zero-order chi connectivity index (χ0) is 24.9. The summed E-state index contributed by atoms with van der Waals surface area (Å²) in [6, 6.07) is 11.0. The molecule has 0 aliphatic rings. The predicted octanol–water partition coefficient (Wildman–Crippen LogP) is 8.61. The maximum absolute atomic E-state index is 14.7. The molecule has 7 heteroatoms. The van der Waals surface area contributed by atoms with Crippen molar-refractivity contribution >= 4 is 6.08 Å². The maximum atomic E-state index is 14.7. The van der Waals surface area contributed by atoms with Crippen LogP contribution >= 0.6 is 0 Å². The molecule has 0 heterocycles. The molecule has 34 heavy (non-hydrogen) atoms. The Morgan fingerprint density at radius 1 is 0.706 bits per heavy atom. The summed E-state index contributed by atoms with van der Waals surface area (Å²) in [6.07, 6.45) is -1.73. The Hall–Kier alpha value is -3.09. The van der Waals surface area contributed by atoms with Crippen molar-refractivity contribution < 1.29 is 30.7 Å². The normalized spacial score (nSPS) is 12.0. The Morgan fingerprint density at radius 3 is 1.97 bits per heavy atom. The predicted molar refractivity (Wildman–Crippen MR) is 119 cm³/mol. The standard InChI is InChI=1S/C27H23F7/c1-2-3-4-17-6-10-21(24(29)13-17)20-9-8-19(23(28)16-20)7-5-18-14-25(30)22(26(31)15-18)11-12-27(32,33)34/h6,8-16H,2-5,7H2,1H3/b12-11+. The minimum atomic E-state index is -4.69. The van der Waals surface area contributed by atoms with E-state index in [1.807, 2.05) is 13.0 Å². The van der Waals surface area contributed by atoms with Crippen molar-refractivity contribution in [2.45, 2.75) is 45.2 Å². The summed E-state index contributed by atoms with van der Waals surface area (Å²) in [5, 5.41) is 0. The zero-order valence-corrected chi connectivity index (χ0v) is 18.5. The van der Waals surface area contributed by atoms with Crippen molar-refractivity contribution in [2.24, 2.45) is 0 Å². The molecule has 0 aliphatic carbocycles. The Balaban J connectivity index is 1.73. The lowest BCUT2D eigenvalue weighted by Gasteiger charge is -2.10. The molecule has 3 aromatic rings. The third-order valence-electron chi connectivity index (χ3n) is 5.48. The Morgan fingerprint density at radius 2 is 1.38 bits per heavy atom. The molecule has 0 unspecified atom stereocenters. The number of allylic oxidation sites excluding steroid dienone is 1. The molecule has 0 N–H and O–H groups in total. The maximum Gasteiger partial charge on any atom is 0.409 e. The van der Waals surface area contributed by atoms with Crippen molar-refractivity contribution in [3.63, 3.8) is 0 Å². The number of alkyl halides is 3. The molecular weight excluding hydrogens is 457 g/mol. The van der Waals surface area contributed by atoms with E-state index in [1.54, 1.807) is 12.1 Å². The summed E-state index contributed by atoms with van der Waals surface area (Å²) >= 11 is 0. The van der Waals surface area contributed by atoms with E-state index >= 15 is 0 Å². The minimum Gasteiger partial charge on any atom is -0.207 e. The van der Waals surface area contributed by atoms with Crippen LogP contribution in [0.3, 0.4) is 0 Å². The zero-order valence-electron chi connectivity index (χ0n) is 18.5. The summed E-state index contributed by atoms with van der Waals surface area (Å²) in [4.78, 5) is 0. The summed E-state index contributed by atoms with van der Waals surface area (Å²) in [6.45, 7) is 2.05. The molecule has 0 aromatic heterocycles. The van der Waals surface area contributed by atoms with E-state index < -0.39 is 35.0 Å². The van der Waals surface area contributed by atoms with Crippen molar-refractivity contribution in [2.75, 3.05) is 0 Å². The van der Waals surface area contributed by atoms with Crippen molar-refractivity contribution in [1.82, 2.24) is 0 Å². The topological polar surface area (TPSA) is 0 Å². The van der Waals surface area contributed by atoms with E-state index in [4.69, 9.17) is 0 Å². The van der Waals surface area contributed by atoms with Gasteiger partial charge in [-0.1, -0.05) is 37.6 Å². The molecule has 180 valence electrons. The molecule has 0 nitrogen and oxygen atoms in total. The van der Waals surface area contributed by atoms with Crippen LogP contribution in [0.4, 0.5) is 30.7 Å². The lowest BCUT2D eigenvalue weighted by atomic mass is 9.97. The molecule has 0 saturated carbocycles. The van der Waals surface area contributed by atoms with E-state index in [0.717, 1.165) is 37.0 Å². The van der Waals surface area contributed by atoms with E-state index in [-0.39, 0.29) is 35.6 Å². The second kappa shape index (κ2) is 10.9. The highest BCUT2D eigenvalue weighted by Gasteiger charge is 2.23. The lowest BCUT2D eigenvalue weighted by molar-refractivity contribution is -0.0790. The summed E-state index contributed by atoms with van der Waals surface area (Å²) in [5.74, 6) is -3.29. The van der Waals surface area contributed by atoms with Gasteiger partial charge in [-0.15, -0.1) is 0 Å². The summed E-state index contributed by atoms with van der Waals surface area (Å²) in [7, 11) is 0. The van der Waals surface area contributed by atoms with Gasteiger partial charge in [0.2, 0.25) is 0 Å². The highest BCUT2D eigenvalue weighted by molar-refractivity contribution is 5.65. The van der Waals surface area contributed by atoms with E-state index in [0.29, 0.717) is 11.6 Å². The Kier molecular flexibility index (Phi) is 8.18. The molecular formula is C27H23F7. The SMILES string of the molecule is CCCCc1ccc(-c2ccc(CCc3cc(F)c(/C=C/C(F)(F)F)c(F)c3)c(F)c2)c(F)c1. The van der Waals surface area contributed by atoms with Gasteiger partial charge in [-0.3, -0.25) is 0 Å².